The van der Waals surface area contributed by atoms with Gasteiger partial charge in [-0.1, -0.05) is 60.1 Å². The molecule has 1 saturated heterocycles. The van der Waals surface area contributed by atoms with E-state index in [1.54, 1.807) is 4.90 Å². The van der Waals surface area contributed by atoms with Gasteiger partial charge in [0.1, 0.15) is 18.0 Å². The van der Waals surface area contributed by atoms with E-state index in [0.29, 0.717) is 0 Å². The largest absolute Gasteiger partial charge is 0.457 e. The molecule has 0 amide bonds. The highest BCUT2D eigenvalue weighted by Gasteiger charge is 2.19. The molecular weight excluding hydrogens is 382 g/mol. The van der Waals surface area contributed by atoms with Gasteiger partial charge in [-0.05, 0) is 35.9 Å². The highest BCUT2D eigenvalue weighted by Crippen LogP contribution is 2.21. The second-order valence-electron chi connectivity index (χ2n) is 7.20. The molecule has 1 aliphatic heterocycles. The highest BCUT2D eigenvalue weighted by atomic mass is 35.5. The van der Waals surface area contributed by atoms with E-state index in [1.807, 2.05) is 72.9 Å². The molecule has 0 radical (unpaired) electrons. The SMILES string of the molecule is Clc1ccccc1C[NH+]1CCN(/N=C\c2cccc(Oc3ccccc3)c2)CC1. The van der Waals surface area contributed by atoms with Gasteiger partial charge in [-0.15, -0.1) is 0 Å². The molecule has 0 bridgehead atoms. The number of para-hydroxylation sites is 1. The van der Waals surface area contributed by atoms with E-state index >= 15 is 0 Å². The molecule has 29 heavy (non-hydrogen) atoms. The van der Waals surface area contributed by atoms with Crippen LogP contribution in [0.5, 0.6) is 11.5 Å². The van der Waals surface area contributed by atoms with Crippen LogP contribution >= 0.6 is 11.6 Å². The van der Waals surface area contributed by atoms with Crippen molar-refractivity contribution in [3.05, 3.63) is 95.0 Å². The first-order chi connectivity index (χ1) is 14.3. The van der Waals surface area contributed by atoms with Crippen LogP contribution < -0.4 is 9.64 Å². The maximum absolute atomic E-state index is 6.30. The van der Waals surface area contributed by atoms with Crippen molar-refractivity contribution in [3.8, 4) is 11.5 Å². The van der Waals surface area contributed by atoms with Gasteiger partial charge < -0.3 is 9.64 Å². The average Bonchev–Trinajstić information content (AvgIpc) is 2.76. The van der Waals surface area contributed by atoms with Gasteiger partial charge in [0.05, 0.1) is 32.4 Å². The standard InChI is InChI=1S/C24H24ClN3O/c25-24-12-5-4-8-21(24)19-27-13-15-28(16-14-27)26-18-20-7-6-11-23(17-20)29-22-9-2-1-3-10-22/h1-12,17-18H,13-16,19H2/p+1/b26-18-. The van der Waals surface area contributed by atoms with Crippen LogP contribution in [0.15, 0.2) is 84.0 Å². The lowest BCUT2D eigenvalue weighted by molar-refractivity contribution is -0.918. The lowest BCUT2D eigenvalue weighted by Crippen LogP contribution is -3.13. The Morgan fingerprint density at radius 1 is 0.897 bits per heavy atom. The molecule has 1 heterocycles. The second kappa shape index (κ2) is 9.59. The van der Waals surface area contributed by atoms with Gasteiger partial charge in [0.2, 0.25) is 0 Å². The smallest absolute Gasteiger partial charge is 0.128 e. The van der Waals surface area contributed by atoms with Gasteiger partial charge in [-0.2, -0.15) is 5.10 Å². The molecule has 3 aromatic carbocycles. The Bertz CT molecular complexity index is 953. The van der Waals surface area contributed by atoms with E-state index in [9.17, 15) is 0 Å². The molecule has 3 aromatic rings. The van der Waals surface area contributed by atoms with E-state index in [0.717, 1.165) is 54.8 Å². The molecule has 0 aliphatic carbocycles. The summed E-state index contributed by atoms with van der Waals surface area (Å²) in [4.78, 5) is 1.54. The number of hydrogen-bond donors (Lipinski definition) is 1. The Balaban J connectivity index is 1.30. The minimum atomic E-state index is 0.814. The summed E-state index contributed by atoms with van der Waals surface area (Å²) >= 11 is 6.30. The number of ether oxygens (including phenoxy) is 1. The van der Waals surface area contributed by atoms with Crippen LogP contribution in [-0.4, -0.2) is 37.4 Å². The summed E-state index contributed by atoms with van der Waals surface area (Å²) in [6, 6.07) is 25.9. The van der Waals surface area contributed by atoms with Gasteiger partial charge in [-0.3, -0.25) is 5.01 Å². The van der Waals surface area contributed by atoms with E-state index in [2.05, 4.69) is 22.2 Å². The lowest BCUT2D eigenvalue weighted by atomic mass is 10.2. The first kappa shape index (κ1) is 19.5. The zero-order valence-electron chi connectivity index (χ0n) is 16.3. The van der Waals surface area contributed by atoms with Crippen LogP contribution in [0.3, 0.4) is 0 Å². The molecule has 1 aliphatic rings. The zero-order valence-corrected chi connectivity index (χ0v) is 17.1. The fourth-order valence-corrected chi connectivity index (χ4v) is 3.65. The molecule has 0 saturated carbocycles. The molecule has 0 aromatic heterocycles. The molecule has 0 atom stereocenters. The Morgan fingerprint density at radius 2 is 1.62 bits per heavy atom. The summed E-state index contributed by atoms with van der Waals surface area (Å²) in [5, 5.41) is 7.67. The van der Waals surface area contributed by atoms with Crippen LogP contribution in [0.4, 0.5) is 0 Å². The maximum Gasteiger partial charge on any atom is 0.128 e. The van der Waals surface area contributed by atoms with E-state index < -0.39 is 0 Å². The molecule has 4 nitrogen and oxygen atoms in total. The van der Waals surface area contributed by atoms with Crippen molar-refractivity contribution in [2.75, 3.05) is 26.2 Å². The number of hydrogen-bond acceptors (Lipinski definition) is 3. The quantitative estimate of drug-likeness (QED) is 0.630. The second-order valence-corrected chi connectivity index (χ2v) is 7.61. The molecule has 148 valence electrons. The minimum Gasteiger partial charge on any atom is -0.457 e. The fourth-order valence-electron chi connectivity index (χ4n) is 3.45. The van der Waals surface area contributed by atoms with Gasteiger partial charge >= 0.3 is 0 Å². The van der Waals surface area contributed by atoms with Crippen molar-refractivity contribution in [3.63, 3.8) is 0 Å². The van der Waals surface area contributed by atoms with Crippen LogP contribution in [0.25, 0.3) is 0 Å². The summed E-state index contributed by atoms with van der Waals surface area (Å²) in [5.41, 5.74) is 2.25. The van der Waals surface area contributed by atoms with Gasteiger partial charge in [-0.25, -0.2) is 0 Å². The number of quaternary nitrogens is 1. The van der Waals surface area contributed by atoms with Crippen molar-refractivity contribution in [1.29, 1.82) is 0 Å². The van der Waals surface area contributed by atoms with Gasteiger partial charge in [0.15, 0.2) is 0 Å². The van der Waals surface area contributed by atoms with Gasteiger partial charge in [0.25, 0.3) is 0 Å². The number of benzene rings is 3. The van der Waals surface area contributed by atoms with Crippen LogP contribution in [0, 0.1) is 0 Å². The molecule has 1 fully saturated rings. The van der Waals surface area contributed by atoms with Crippen LogP contribution in [0.1, 0.15) is 11.1 Å². The van der Waals surface area contributed by atoms with E-state index in [-0.39, 0.29) is 0 Å². The van der Waals surface area contributed by atoms with Crippen LogP contribution in [-0.2, 0) is 6.54 Å². The summed E-state index contributed by atoms with van der Waals surface area (Å²) in [7, 11) is 0. The third kappa shape index (κ3) is 5.59. The number of rotatable bonds is 6. The first-order valence-electron chi connectivity index (χ1n) is 9.95. The maximum atomic E-state index is 6.30. The normalized spacial score (nSPS) is 15.0. The minimum absolute atomic E-state index is 0.814. The number of piperazine rings is 1. The number of nitrogens with zero attached hydrogens (tertiary/aromatic N) is 2. The molecule has 0 unspecified atom stereocenters. The van der Waals surface area contributed by atoms with Crippen molar-refractivity contribution in [2.45, 2.75) is 6.54 Å². The topological polar surface area (TPSA) is 29.3 Å². The predicted octanol–water partition coefficient (Wildman–Crippen LogP) is 3.87. The summed E-state index contributed by atoms with van der Waals surface area (Å²) in [6.07, 6.45) is 1.91. The summed E-state index contributed by atoms with van der Waals surface area (Å²) in [5.74, 6) is 1.65. The summed E-state index contributed by atoms with van der Waals surface area (Å²) < 4.78 is 5.90. The number of nitrogens with one attached hydrogen (secondary N) is 1. The van der Waals surface area contributed by atoms with E-state index in [1.165, 1.54) is 5.56 Å². The Labute approximate surface area is 177 Å². The predicted molar refractivity (Wildman–Crippen MR) is 118 cm³/mol. The lowest BCUT2D eigenvalue weighted by Gasteiger charge is -2.30. The number of hydrazone groups is 1. The van der Waals surface area contributed by atoms with E-state index in [4.69, 9.17) is 16.3 Å². The fraction of sp³-hybridized carbons (Fsp3) is 0.208. The van der Waals surface area contributed by atoms with Crippen molar-refractivity contribution in [2.24, 2.45) is 5.10 Å². The number of halogens is 1. The van der Waals surface area contributed by atoms with Crippen molar-refractivity contribution in [1.82, 2.24) is 5.01 Å². The van der Waals surface area contributed by atoms with Crippen molar-refractivity contribution >= 4 is 17.8 Å². The molecular formula is C24H25ClN3O+. The Morgan fingerprint density at radius 3 is 2.41 bits per heavy atom. The highest BCUT2D eigenvalue weighted by molar-refractivity contribution is 6.31. The molecule has 4 rings (SSSR count). The molecule has 5 heteroatoms. The first-order valence-corrected chi connectivity index (χ1v) is 10.3. The third-order valence-electron chi connectivity index (χ3n) is 5.05. The van der Waals surface area contributed by atoms with Gasteiger partial charge in [0, 0.05) is 10.6 Å². The Kier molecular flexibility index (Phi) is 6.45. The molecule has 0 spiro atoms. The monoisotopic (exact) mass is 406 g/mol. The zero-order chi connectivity index (χ0) is 19.9. The van der Waals surface area contributed by atoms with Crippen molar-refractivity contribution < 1.29 is 9.64 Å². The van der Waals surface area contributed by atoms with Crippen LogP contribution in [0.2, 0.25) is 5.02 Å². The summed E-state index contributed by atoms with van der Waals surface area (Å²) in [6.45, 7) is 4.96. The average molecular weight is 407 g/mol. The molecule has 1 N–H and O–H groups in total. The Hall–Kier alpha value is -2.82. The third-order valence-corrected chi connectivity index (χ3v) is 5.42.